The Hall–Kier alpha value is -1.10. The number of nitrogens with zero attached hydrogens (tertiary/aromatic N) is 1. The van der Waals surface area contributed by atoms with Crippen molar-refractivity contribution in [3.8, 4) is 0 Å². The van der Waals surface area contributed by atoms with Gasteiger partial charge in [0.25, 0.3) is 0 Å². The van der Waals surface area contributed by atoms with Crippen molar-refractivity contribution >= 4 is 23.2 Å². The molecule has 0 saturated carbocycles. The van der Waals surface area contributed by atoms with Crippen molar-refractivity contribution in [2.75, 3.05) is 5.32 Å². The molecule has 1 aromatic rings. The first-order valence-corrected chi connectivity index (χ1v) is 3.55. The van der Waals surface area contributed by atoms with Crippen molar-refractivity contribution in [1.82, 2.24) is 4.98 Å². The van der Waals surface area contributed by atoms with Gasteiger partial charge in [-0.1, -0.05) is 0 Å². The summed E-state index contributed by atoms with van der Waals surface area (Å²) in [5.74, 6) is 0.523. The number of rotatable bonds is 1. The van der Waals surface area contributed by atoms with E-state index in [2.05, 4.69) is 10.3 Å². The lowest BCUT2D eigenvalue weighted by Gasteiger charge is -1.91. The van der Waals surface area contributed by atoms with Gasteiger partial charge in [-0.3, -0.25) is 5.32 Å². The highest BCUT2D eigenvalue weighted by molar-refractivity contribution is 7.09. The second-order valence-corrected chi connectivity index (χ2v) is 2.80. The summed E-state index contributed by atoms with van der Waals surface area (Å²) in [5, 5.41) is 5.01. The third-order valence-corrected chi connectivity index (χ3v) is 1.64. The Morgan fingerprint density at radius 1 is 1.90 bits per heavy atom. The number of aryl methyl sites for hydroxylation is 1. The van der Waals surface area contributed by atoms with Crippen LogP contribution in [0.1, 0.15) is 5.01 Å². The molecule has 0 spiro atoms. The number of carbonyl (C=O) groups is 1. The molecule has 4 nitrogen and oxygen atoms in total. The minimum Gasteiger partial charge on any atom is -0.351 e. The van der Waals surface area contributed by atoms with Crippen molar-refractivity contribution in [2.24, 2.45) is 5.73 Å². The van der Waals surface area contributed by atoms with E-state index in [0.29, 0.717) is 5.82 Å². The molecule has 5 heteroatoms. The molecule has 0 aliphatic heterocycles. The van der Waals surface area contributed by atoms with Crippen molar-refractivity contribution in [3.63, 3.8) is 0 Å². The fraction of sp³-hybridized carbons (Fsp3) is 0.200. The first kappa shape index (κ1) is 7.01. The molecule has 0 unspecified atom stereocenters. The Kier molecular flexibility index (Phi) is 1.86. The maximum absolute atomic E-state index is 10.3. The minimum atomic E-state index is -0.578. The number of thiazole rings is 1. The molecule has 1 aromatic heterocycles. The summed E-state index contributed by atoms with van der Waals surface area (Å²) in [7, 11) is 0. The predicted molar refractivity (Wildman–Crippen MR) is 40.1 cm³/mol. The van der Waals surface area contributed by atoms with Crippen LogP contribution in [-0.2, 0) is 0 Å². The van der Waals surface area contributed by atoms with E-state index in [1.165, 1.54) is 11.3 Å². The first-order chi connectivity index (χ1) is 4.68. The third kappa shape index (κ3) is 1.70. The molecule has 10 heavy (non-hydrogen) atoms. The Morgan fingerprint density at radius 2 is 2.60 bits per heavy atom. The van der Waals surface area contributed by atoms with E-state index in [4.69, 9.17) is 5.73 Å². The number of amides is 2. The van der Waals surface area contributed by atoms with Gasteiger partial charge in [0.05, 0.1) is 5.01 Å². The van der Waals surface area contributed by atoms with E-state index in [1.807, 2.05) is 6.92 Å². The standard InChI is InChI=1S/C5H7N3OS/c1-3-7-4(2-10-3)8-5(6)9/h2H,1H3,(H3,6,8,9). The normalized spacial score (nSPS) is 9.30. The third-order valence-electron chi connectivity index (χ3n) is 0.870. The Bertz CT molecular complexity index is 245. The van der Waals surface area contributed by atoms with Crippen LogP contribution in [0, 0.1) is 6.92 Å². The summed E-state index contributed by atoms with van der Waals surface area (Å²) in [5.41, 5.74) is 4.85. The van der Waals surface area contributed by atoms with Crippen LogP contribution in [0.4, 0.5) is 10.6 Å². The number of primary amides is 1. The van der Waals surface area contributed by atoms with Gasteiger partial charge in [0.1, 0.15) is 5.82 Å². The maximum Gasteiger partial charge on any atom is 0.317 e. The Labute approximate surface area is 62.1 Å². The van der Waals surface area contributed by atoms with E-state index < -0.39 is 6.03 Å². The fourth-order valence-electron chi connectivity index (χ4n) is 0.547. The number of nitrogens with one attached hydrogen (secondary N) is 1. The van der Waals surface area contributed by atoms with Gasteiger partial charge in [-0.25, -0.2) is 9.78 Å². The summed E-state index contributed by atoms with van der Waals surface area (Å²) < 4.78 is 0. The first-order valence-electron chi connectivity index (χ1n) is 2.67. The molecule has 0 saturated heterocycles. The monoisotopic (exact) mass is 157 g/mol. The Morgan fingerprint density at radius 3 is 3.00 bits per heavy atom. The van der Waals surface area contributed by atoms with E-state index in [-0.39, 0.29) is 0 Å². The van der Waals surface area contributed by atoms with Crippen LogP contribution in [0.2, 0.25) is 0 Å². The van der Waals surface area contributed by atoms with Crippen molar-refractivity contribution in [3.05, 3.63) is 10.4 Å². The van der Waals surface area contributed by atoms with Gasteiger partial charge < -0.3 is 5.73 Å². The van der Waals surface area contributed by atoms with E-state index >= 15 is 0 Å². The van der Waals surface area contributed by atoms with Crippen LogP contribution in [0.3, 0.4) is 0 Å². The fourth-order valence-corrected chi connectivity index (χ4v) is 1.09. The van der Waals surface area contributed by atoms with Gasteiger partial charge in [0.15, 0.2) is 0 Å². The molecule has 3 N–H and O–H groups in total. The molecule has 1 rings (SSSR count). The number of nitrogens with two attached hydrogens (primary N) is 1. The molecule has 0 aliphatic carbocycles. The molecule has 0 aliphatic rings. The van der Waals surface area contributed by atoms with Crippen LogP contribution in [-0.4, -0.2) is 11.0 Å². The second-order valence-electron chi connectivity index (χ2n) is 1.74. The lowest BCUT2D eigenvalue weighted by Crippen LogP contribution is -2.19. The lowest BCUT2D eigenvalue weighted by atomic mass is 10.7. The van der Waals surface area contributed by atoms with Gasteiger partial charge in [-0.05, 0) is 6.92 Å². The predicted octanol–water partition coefficient (Wildman–Crippen LogP) is 0.942. The van der Waals surface area contributed by atoms with Crippen molar-refractivity contribution in [1.29, 1.82) is 0 Å². The molecule has 1 heterocycles. The van der Waals surface area contributed by atoms with Crippen LogP contribution in [0.25, 0.3) is 0 Å². The average molecular weight is 157 g/mol. The van der Waals surface area contributed by atoms with Gasteiger partial charge in [-0.15, -0.1) is 11.3 Å². The minimum absolute atomic E-state index is 0.523. The highest BCUT2D eigenvalue weighted by atomic mass is 32.1. The maximum atomic E-state index is 10.3. The van der Waals surface area contributed by atoms with Crippen LogP contribution in [0.15, 0.2) is 5.38 Å². The summed E-state index contributed by atoms with van der Waals surface area (Å²) in [6.07, 6.45) is 0. The number of hydrogen-bond acceptors (Lipinski definition) is 3. The van der Waals surface area contributed by atoms with Crippen LogP contribution >= 0.6 is 11.3 Å². The number of carbonyl (C=O) groups excluding carboxylic acids is 1. The zero-order valence-corrected chi connectivity index (χ0v) is 6.23. The second kappa shape index (κ2) is 2.66. The molecule has 0 bridgehead atoms. The van der Waals surface area contributed by atoms with Gasteiger partial charge in [0, 0.05) is 5.38 Å². The van der Waals surface area contributed by atoms with Gasteiger partial charge in [-0.2, -0.15) is 0 Å². The van der Waals surface area contributed by atoms with Gasteiger partial charge in [0.2, 0.25) is 0 Å². The van der Waals surface area contributed by atoms with Crippen LogP contribution in [0.5, 0.6) is 0 Å². The smallest absolute Gasteiger partial charge is 0.317 e. The molecule has 0 atom stereocenters. The quantitative estimate of drug-likeness (QED) is 0.637. The molecule has 0 fully saturated rings. The zero-order valence-electron chi connectivity index (χ0n) is 5.42. The van der Waals surface area contributed by atoms with E-state index in [9.17, 15) is 4.79 Å². The summed E-state index contributed by atoms with van der Waals surface area (Å²) >= 11 is 1.46. The molecule has 54 valence electrons. The molecule has 0 radical (unpaired) electrons. The topological polar surface area (TPSA) is 68.0 Å². The summed E-state index contributed by atoms with van der Waals surface area (Å²) in [4.78, 5) is 14.2. The molecular weight excluding hydrogens is 150 g/mol. The average Bonchev–Trinajstić information content (AvgIpc) is 2.13. The zero-order chi connectivity index (χ0) is 7.56. The highest BCUT2D eigenvalue weighted by Gasteiger charge is 1.98. The molecule has 2 amide bonds. The van der Waals surface area contributed by atoms with Crippen molar-refractivity contribution in [2.45, 2.75) is 6.92 Å². The van der Waals surface area contributed by atoms with Gasteiger partial charge >= 0.3 is 6.03 Å². The lowest BCUT2D eigenvalue weighted by molar-refractivity contribution is 0.259. The summed E-state index contributed by atoms with van der Waals surface area (Å²) in [6.45, 7) is 1.86. The van der Waals surface area contributed by atoms with Crippen molar-refractivity contribution < 1.29 is 4.79 Å². The largest absolute Gasteiger partial charge is 0.351 e. The van der Waals surface area contributed by atoms with Crippen LogP contribution < -0.4 is 11.1 Å². The van der Waals surface area contributed by atoms with E-state index in [0.717, 1.165) is 5.01 Å². The number of anilines is 1. The number of aromatic nitrogens is 1. The Balaban J connectivity index is 2.67. The number of urea groups is 1. The van der Waals surface area contributed by atoms with E-state index in [1.54, 1.807) is 5.38 Å². The molecular formula is C5H7N3OS. The molecule has 0 aromatic carbocycles. The SMILES string of the molecule is Cc1nc(NC(N)=O)cs1. The highest BCUT2D eigenvalue weighted by Crippen LogP contribution is 2.11. The number of hydrogen-bond donors (Lipinski definition) is 2. The summed E-state index contributed by atoms with van der Waals surface area (Å²) in [6, 6.07) is -0.578.